The van der Waals surface area contributed by atoms with Crippen molar-refractivity contribution in [3.63, 3.8) is 0 Å². The molecule has 0 bridgehead atoms. The molecule has 1 aliphatic carbocycles. The van der Waals surface area contributed by atoms with Crippen LogP contribution in [0.2, 0.25) is 0 Å². The van der Waals surface area contributed by atoms with E-state index in [9.17, 15) is 9.59 Å². The molecule has 6 heteroatoms. The number of hydrogen-bond acceptors (Lipinski definition) is 3. The molecular formula is C19H22N4O2. The van der Waals surface area contributed by atoms with E-state index in [4.69, 9.17) is 0 Å². The number of carbonyl (C=O) groups excluding carboxylic acids is 1. The molecule has 130 valence electrons. The first-order valence-corrected chi connectivity index (χ1v) is 8.89. The minimum Gasteiger partial charge on any atom is -0.352 e. The Labute approximate surface area is 145 Å². The van der Waals surface area contributed by atoms with Crippen LogP contribution in [0.1, 0.15) is 32.6 Å². The molecule has 4 rings (SSSR count). The zero-order valence-electron chi connectivity index (χ0n) is 14.3. The van der Waals surface area contributed by atoms with E-state index < -0.39 is 0 Å². The van der Waals surface area contributed by atoms with Gasteiger partial charge >= 0.3 is 0 Å². The minimum absolute atomic E-state index is 0.00273. The van der Waals surface area contributed by atoms with Gasteiger partial charge in [0.1, 0.15) is 12.1 Å². The lowest BCUT2D eigenvalue weighted by molar-refractivity contribution is -0.122. The molecule has 0 spiro atoms. The predicted octanol–water partition coefficient (Wildman–Crippen LogP) is 2.34. The lowest BCUT2D eigenvalue weighted by Crippen LogP contribution is -2.43. The first-order chi connectivity index (χ1) is 12.1. The SMILES string of the molecule is C[C@@H]1CCCC[C@H]1NC(=O)Cn1c(=O)c2cccn2c2cccnc21. The first-order valence-electron chi connectivity index (χ1n) is 8.89. The Bertz CT molecular complexity index is 988. The normalized spacial score (nSPS) is 20.8. The first kappa shape index (κ1) is 15.9. The number of hydrogen-bond donors (Lipinski definition) is 1. The third kappa shape index (κ3) is 2.81. The summed E-state index contributed by atoms with van der Waals surface area (Å²) in [7, 11) is 0. The van der Waals surface area contributed by atoms with Crippen molar-refractivity contribution in [1.82, 2.24) is 19.3 Å². The van der Waals surface area contributed by atoms with Gasteiger partial charge in [0.15, 0.2) is 5.65 Å². The van der Waals surface area contributed by atoms with Crippen molar-refractivity contribution >= 4 is 22.6 Å². The van der Waals surface area contributed by atoms with Gasteiger partial charge in [-0.25, -0.2) is 4.98 Å². The zero-order chi connectivity index (χ0) is 17.4. The standard InChI is InChI=1S/C19H22N4O2/c1-13-6-2-3-7-14(13)21-17(24)12-23-18-15(8-4-10-20-18)22-11-5-9-16(22)19(23)25/h4-5,8-11,13-14H,2-3,6-7,12H2,1H3,(H,21,24)/t13-,14-/m1/s1. The maximum absolute atomic E-state index is 12.8. The van der Waals surface area contributed by atoms with Crippen LogP contribution in [0.3, 0.4) is 0 Å². The monoisotopic (exact) mass is 338 g/mol. The quantitative estimate of drug-likeness (QED) is 0.797. The van der Waals surface area contributed by atoms with Gasteiger partial charge in [0.25, 0.3) is 5.56 Å². The van der Waals surface area contributed by atoms with Gasteiger partial charge in [-0.15, -0.1) is 0 Å². The predicted molar refractivity (Wildman–Crippen MR) is 96.5 cm³/mol. The molecule has 0 unspecified atom stereocenters. The van der Waals surface area contributed by atoms with Crippen LogP contribution in [0, 0.1) is 5.92 Å². The van der Waals surface area contributed by atoms with Gasteiger partial charge in [-0.2, -0.15) is 0 Å². The molecule has 0 radical (unpaired) electrons. The smallest absolute Gasteiger partial charge is 0.276 e. The summed E-state index contributed by atoms with van der Waals surface area (Å²) in [5.74, 6) is 0.362. The van der Waals surface area contributed by atoms with Crippen molar-refractivity contribution in [3.8, 4) is 0 Å². The maximum Gasteiger partial charge on any atom is 0.276 e. The highest BCUT2D eigenvalue weighted by molar-refractivity contribution is 5.80. The topological polar surface area (TPSA) is 68.4 Å². The molecule has 1 saturated carbocycles. The average Bonchev–Trinajstić information content (AvgIpc) is 3.11. The maximum atomic E-state index is 12.8. The van der Waals surface area contributed by atoms with Crippen LogP contribution in [0.15, 0.2) is 41.5 Å². The van der Waals surface area contributed by atoms with E-state index in [-0.39, 0.29) is 24.1 Å². The van der Waals surface area contributed by atoms with Gasteiger partial charge in [-0.05, 0) is 43.0 Å². The molecule has 3 aromatic heterocycles. The van der Waals surface area contributed by atoms with Crippen LogP contribution in [-0.2, 0) is 11.3 Å². The second kappa shape index (κ2) is 6.35. The van der Waals surface area contributed by atoms with E-state index in [0.29, 0.717) is 17.1 Å². The number of fused-ring (bicyclic) bond motifs is 3. The number of rotatable bonds is 3. The van der Waals surface area contributed by atoms with Gasteiger partial charge in [-0.1, -0.05) is 19.8 Å². The van der Waals surface area contributed by atoms with Gasteiger partial charge in [0.05, 0.1) is 5.52 Å². The number of pyridine rings is 1. The van der Waals surface area contributed by atoms with Crippen LogP contribution in [0.4, 0.5) is 0 Å². The summed E-state index contributed by atoms with van der Waals surface area (Å²) in [5, 5.41) is 3.12. The summed E-state index contributed by atoms with van der Waals surface area (Å²) in [5.41, 5.74) is 1.71. The minimum atomic E-state index is -0.192. The lowest BCUT2D eigenvalue weighted by atomic mass is 9.86. The summed E-state index contributed by atoms with van der Waals surface area (Å²) >= 11 is 0. The van der Waals surface area contributed by atoms with Crippen molar-refractivity contribution in [2.75, 3.05) is 0 Å². The zero-order valence-corrected chi connectivity index (χ0v) is 14.3. The molecule has 1 amide bonds. The Kier molecular flexibility index (Phi) is 4.03. The Morgan fingerprint density at radius 3 is 2.88 bits per heavy atom. The Morgan fingerprint density at radius 2 is 2.04 bits per heavy atom. The van der Waals surface area contributed by atoms with E-state index in [1.54, 1.807) is 12.3 Å². The van der Waals surface area contributed by atoms with Crippen LogP contribution < -0.4 is 10.9 Å². The number of amides is 1. The van der Waals surface area contributed by atoms with E-state index in [1.165, 1.54) is 11.0 Å². The van der Waals surface area contributed by atoms with E-state index in [0.717, 1.165) is 24.8 Å². The van der Waals surface area contributed by atoms with Crippen LogP contribution in [-0.4, -0.2) is 25.9 Å². The van der Waals surface area contributed by atoms with Crippen molar-refractivity contribution in [2.45, 2.75) is 45.2 Å². The molecular weight excluding hydrogens is 316 g/mol. The molecule has 3 heterocycles. The molecule has 0 aromatic carbocycles. The van der Waals surface area contributed by atoms with Gasteiger partial charge in [0, 0.05) is 18.4 Å². The summed E-state index contributed by atoms with van der Waals surface area (Å²) in [6.07, 6.45) is 8.02. The molecule has 2 atom stereocenters. The molecule has 3 aromatic rings. The fourth-order valence-corrected chi connectivity index (χ4v) is 3.86. The van der Waals surface area contributed by atoms with Gasteiger partial charge in [0.2, 0.25) is 5.91 Å². The number of aromatic nitrogens is 3. The Hall–Kier alpha value is -2.63. The van der Waals surface area contributed by atoms with Crippen LogP contribution >= 0.6 is 0 Å². The molecule has 1 aliphatic rings. The second-order valence-corrected chi connectivity index (χ2v) is 6.94. The largest absolute Gasteiger partial charge is 0.352 e. The van der Waals surface area contributed by atoms with Gasteiger partial charge < -0.3 is 9.72 Å². The Balaban J connectivity index is 1.69. The Morgan fingerprint density at radius 1 is 1.24 bits per heavy atom. The molecule has 1 fully saturated rings. The number of nitrogens with one attached hydrogen (secondary N) is 1. The summed E-state index contributed by atoms with van der Waals surface area (Å²) in [6.45, 7) is 2.18. The fraction of sp³-hybridized carbons (Fsp3) is 0.421. The molecule has 25 heavy (non-hydrogen) atoms. The number of nitrogens with zero attached hydrogens (tertiary/aromatic N) is 3. The van der Waals surface area contributed by atoms with Crippen molar-refractivity contribution in [1.29, 1.82) is 0 Å². The van der Waals surface area contributed by atoms with Gasteiger partial charge in [-0.3, -0.25) is 14.2 Å². The number of carbonyl (C=O) groups is 1. The van der Waals surface area contributed by atoms with Crippen LogP contribution in [0.5, 0.6) is 0 Å². The van der Waals surface area contributed by atoms with Crippen LogP contribution in [0.25, 0.3) is 16.7 Å². The highest BCUT2D eigenvalue weighted by Gasteiger charge is 2.23. The van der Waals surface area contributed by atoms with E-state index >= 15 is 0 Å². The van der Waals surface area contributed by atoms with E-state index in [1.807, 2.05) is 28.8 Å². The van der Waals surface area contributed by atoms with E-state index in [2.05, 4.69) is 17.2 Å². The molecule has 0 saturated heterocycles. The highest BCUT2D eigenvalue weighted by atomic mass is 16.2. The summed E-state index contributed by atoms with van der Waals surface area (Å²) in [4.78, 5) is 29.8. The third-order valence-electron chi connectivity index (χ3n) is 5.25. The molecule has 6 nitrogen and oxygen atoms in total. The molecule has 1 N–H and O–H groups in total. The summed E-state index contributed by atoms with van der Waals surface area (Å²) < 4.78 is 3.30. The summed E-state index contributed by atoms with van der Waals surface area (Å²) in [6, 6.07) is 7.55. The highest BCUT2D eigenvalue weighted by Crippen LogP contribution is 2.23. The fourth-order valence-electron chi connectivity index (χ4n) is 3.86. The third-order valence-corrected chi connectivity index (χ3v) is 5.25. The van der Waals surface area contributed by atoms with Crippen molar-refractivity contribution in [3.05, 3.63) is 47.0 Å². The molecule has 0 aliphatic heterocycles. The van der Waals surface area contributed by atoms with Crippen molar-refractivity contribution < 1.29 is 4.79 Å². The second-order valence-electron chi connectivity index (χ2n) is 6.94. The average molecular weight is 338 g/mol. The lowest BCUT2D eigenvalue weighted by Gasteiger charge is -2.29. The van der Waals surface area contributed by atoms with Crippen molar-refractivity contribution in [2.24, 2.45) is 5.92 Å².